The highest BCUT2D eigenvalue weighted by molar-refractivity contribution is 5.95. The van der Waals surface area contributed by atoms with E-state index in [4.69, 9.17) is 17.2 Å². The quantitative estimate of drug-likeness (QED) is 0.0712. The molecule has 1 fully saturated rings. The van der Waals surface area contributed by atoms with E-state index in [1.807, 2.05) is 37.3 Å². The van der Waals surface area contributed by atoms with E-state index in [0.29, 0.717) is 25.7 Å². The molecule has 0 aromatic heterocycles. The first-order chi connectivity index (χ1) is 20.3. The summed E-state index contributed by atoms with van der Waals surface area (Å²) >= 11 is 0. The summed E-state index contributed by atoms with van der Waals surface area (Å²) in [5.74, 6) is -3.77. The molecule has 14 heteroatoms. The van der Waals surface area contributed by atoms with Gasteiger partial charge in [-0.2, -0.15) is 0 Å². The number of benzene rings is 1. The van der Waals surface area contributed by atoms with Gasteiger partial charge in [0.05, 0.1) is 6.04 Å². The maximum atomic E-state index is 13.5. The van der Waals surface area contributed by atoms with Crippen molar-refractivity contribution in [2.45, 2.75) is 89.5 Å². The van der Waals surface area contributed by atoms with Crippen LogP contribution in [0.2, 0.25) is 0 Å². The Balaban J connectivity index is 2.14. The van der Waals surface area contributed by atoms with Crippen LogP contribution in [0.4, 0.5) is 0 Å². The number of carboxylic acid groups (broad SMARTS) is 1. The molecule has 2 rings (SSSR count). The van der Waals surface area contributed by atoms with Crippen molar-refractivity contribution >= 4 is 35.6 Å². The lowest BCUT2D eigenvalue weighted by Crippen LogP contribution is -2.59. The molecular formula is C29H46N8O6. The van der Waals surface area contributed by atoms with Gasteiger partial charge in [0.2, 0.25) is 23.6 Å². The van der Waals surface area contributed by atoms with Crippen LogP contribution in [-0.4, -0.2) is 88.9 Å². The summed E-state index contributed by atoms with van der Waals surface area (Å²) in [6.07, 6.45) is 2.22. The molecule has 1 saturated heterocycles. The topological polar surface area (TPSA) is 235 Å². The van der Waals surface area contributed by atoms with E-state index in [1.54, 1.807) is 6.92 Å². The standard InChI is InChI=1S/C29H46N8O6/c1-4-17(2)23(26(40)34-18(3)27(41)37-15-9-13-22(37)28(42)43)36-25(39)21(12-8-14-33-29(31)32)35-24(38)20(30)16-19-10-6-5-7-11-19/h5-7,10-11,17-18,20-23H,4,8-9,12-16,30H2,1-3H3,(H,34,40)(H,35,38)(H,36,39)(H,42,43)(H4,31,32,33)/t17-,18-,20-,21-,22-,23-/m0/s1. The predicted molar refractivity (Wildman–Crippen MR) is 161 cm³/mol. The molecule has 4 amide bonds. The normalized spacial score (nSPS) is 18.0. The van der Waals surface area contributed by atoms with Crippen molar-refractivity contribution in [3.63, 3.8) is 0 Å². The Kier molecular flexibility index (Phi) is 13.9. The van der Waals surface area contributed by atoms with E-state index in [0.717, 1.165) is 5.56 Å². The largest absolute Gasteiger partial charge is 0.480 e. The Bertz CT molecular complexity index is 1140. The molecule has 0 bridgehead atoms. The number of carbonyl (C=O) groups is 5. The zero-order chi connectivity index (χ0) is 32.1. The minimum Gasteiger partial charge on any atom is -0.480 e. The minimum atomic E-state index is -1.09. The molecular weight excluding hydrogens is 556 g/mol. The number of aliphatic carboxylic acids is 1. The van der Waals surface area contributed by atoms with Gasteiger partial charge >= 0.3 is 5.97 Å². The summed E-state index contributed by atoms with van der Waals surface area (Å²) in [6.45, 7) is 5.62. The SMILES string of the molecule is CC[C@H](C)[C@H](NC(=O)[C@H](CCCN=C(N)N)NC(=O)[C@@H](N)Cc1ccccc1)C(=O)N[C@@H](C)C(=O)N1CCC[C@H]1C(=O)O. The summed E-state index contributed by atoms with van der Waals surface area (Å²) in [7, 11) is 0. The molecule has 10 N–H and O–H groups in total. The third-order valence-electron chi connectivity index (χ3n) is 7.56. The van der Waals surface area contributed by atoms with E-state index < -0.39 is 59.8 Å². The van der Waals surface area contributed by atoms with Gasteiger partial charge in [-0.3, -0.25) is 24.2 Å². The molecule has 1 aliphatic rings. The van der Waals surface area contributed by atoms with Gasteiger partial charge in [0, 0.05) is 13.1 Å². The molecule has 0 radical (unpaired) electrons. The number of rotatable bonds is 16. The van der Waals surface area contributed by atoms with E-state index in [1.165, 1.54) is 11.8 Å². The number of guanidine groups is 1. The second-order valence-electron chi connectivity index (χ2n) is 10.9. The van der Waals surface area contributed by atoms with E-state index in [-0.39, 0.29) is 37.8 Å². The monoisotopic (exact) mass is 602 g/mol. The zero-order valence-electron chi connectivity index (χ0n) is 25.1. The third-order valence-corrected chi connectivity index (χ3v) is 7.56. The van der Waals surface area contributed by atoms with Crippen molar-refractivity contribution in [3.05, 3.63) is 35.9 Å². The van der Waals surface area contributed by atoms with E-state index >= 15 is 0 Å². The maximum Gasteiger partial charge on any atom is 0.326 e. The van der Waals surface area contributed by atoms with Crippen molar-refractivity contribution < 1.29 is 29.1 Å². The highest BCUT2D eigenvalue weighted by Gasteiger charge is 2.37. The molecule has 0 saturated carbocycles. The molecule has 0 spiro atoms. The summed E-state index contributed by atoms with van der Waals surface area (Å²) in [5, 5.41) is 17.5. The van der Waals surface area contributed by atoms with Gasteiger partial charge in [0.15, 0.2) is 5.96 Å². The first-order valence-electron chi connectivity index (χ1n) is 14.6. The smallest absolute Gasteiger partial charge is 0.326 e. The molecule has 0 unspecified atom stereocenters. The van der Waals surface area contributed by atoms with E-state index in [2.05, 4.69) is 20.9 Å². The number of carboxylic acids is 1. The number of likely N-dealkylation sites (tertiary alicyclic amines) is 1. The second-order valence-corrected chi connectivity index (χ2v) is 10.9. The number of hydrogen-bond donors (Lipinski definition) is 7. The van der Waals surface area contributed by atoms with Gasteiger partial charge in [0.1, 0.15) is 24.2 Å². The van der Waals surface area contributed by atoms with E-state index in [9.17, 15) is 29.1 Å². The fraction of sp³-hybridized carbons (Fsp3) is 0.586. The Labute approximate surface area is 252 Å². The number of nitrogens with zero attached hydrogens (tertiary/aromatic N) is 2. The van der Waals surface area contributed by atoms with Crippen LogP contribution in [0.5, 0.6) is 0 Å². The Morgan fingerprint density at radius 2 is 1.70 bits per heavy atom. The number of amides is 4. The average Bonchev–Trinajstić information content (AvgIpc) is 3.47. The van der Waals surface area contributed by atoms with Crippen LogP contribution >= 0.6 is 0 Å². The van der Waals surface area contributed by atoms with Gasteiger partial charge in [0.25, 0.3) is 0 Å². The molecule has 1 aliphatic heterocycles. The molecule has 1 heterocycles. The zero-order valence-corrected chi connectivity index (χ0v) is 25.1. The highest BCUT2D eigenvalue weighted by Crippen LogP contribution is 2.19. The van der Waals surface area contributed by atoms with Gasteiger partial charge in [-0.15, -0.1) is 0 Å². The lowest BCUT2D eigenvalue weighted by Gasteiger charge is -2.29. The minimum absolute atomic E-state index is 0.101. The fourth-order valence-electron chi connectivity index (χ4n) is 4.87. The van der Waals surface area contributed by atoms with Gasteiger partial charge < -0.3 is 43.2 Å². The summed E-state index contributed by atoms with van der Waals surface area (Å²) in [5.41, 5.74) is 17.8. The molecule has 6 atom stereocenters. The van der Waals surface area contributed by atoms with Gasteiger partial charge in [-0.1, -0.05) is 50.6 Å². The summed E-state index contributed by atoms with van der Waals surface area (Å²) < 4.78 is 0. The Morgan fingerprint density at radius 3 is 2.30 bits per heavy atom. The van der Waals surface area contributed by atoms with Crippen molar-refractivity contribution in [1.29, 1.82) is 0 Å². The van der Waals surface area contributed by atoms with Gasteiger partial charge in [-0.05, 0) is 50.5 Å². The van der Waals surface area contributed by atoms with Crippen LogP contribution in [0, 0.1) is 5.92 Å². The summed E-state index contributed by atoms with van der Waals surface area (Å²) in [4.78, 5) is 69.5. The molecule has 1 aromatic carbocycles. The van der Waals surface area contributed by atoms with Crippen molar-refractivity contribution in [3.8, 4) is 0 Å². The van der Waals surface area contributed by atoms with Crippen molar-refractivity contribution in [2.75, 3.05) is 13.1 Å². The molecule has 14 nitrogen and oxygen atoms in total. The van der Waals surface area contributed by atoms with Crippen LogP contribution in [0.3, 0.4) is 0 Å². The number of hydrogen-bond acceptors (Lipinski definition) is 7. The Hall–Kier alpha value is -4.20. The Morgan fingerprint density at radius 1 is 1.02 bits per heavy atom. The lowest BCUT2D eigenvalue weighted by molar-refractivity contribution is -0.149. The first-order valence-corrected chi connectivity index (χ1v) is 14.6. The number of nitrogens with one attached hydrogen (secondary N) is 3. The molecule has 0 aliphatic carbocycles. The second kappa shape index (κ2) is 17.0. The number of carbonyl (C=O) groups excluding carboxylic acids is 4. The van der Waals surface area contributed by atoms with Crippen LogP contribution in [0.15, 0.2) is 35.3 Å². The summed E-state index contributed by atoms with van der Waals surface area (Å²) in [6, 6.07) is 4.28. The van der Waals surface area contributed by atoms with Crippen molar-refractivity contribution in [2.24, 2.45) is 28.1 Å². The molecule has 43 heavy (non-hydrogen) atoms. The molecule has 1 aromatic rings. The maximum absolute atomic E-state index is 13.5. The lowest BCUT2D eigenvalue weighted by atomic mass is 9.97. The van der Waals surface area contributed by atoms with Crippen LogP contribution < -0.4 is 33.2 Å². The third kappa shape index (κ3) is 10.9. The van der Waals surface area contributed by atoms with Gasteiger partial charge in [-0.25, -0.2) is 4.79 Å². The van der Waals surface area contributed by atoms with Crippen LogP contribution in [0.25, 0.3) is 0 Å². The predicted octanol–water partition coefficient (Wildman–Crippen LogP) is -0.794. The van der Waals surface area contributed by atoms with Crippen LogP contribution in [-0.2, 0) is 30.4 Å². The average molecular weight is 603 g/mol. The fourth-order valence-corrected chi connectivity index (χ4v) is 4.87. The van der Waals surface area contributed by atoms with Crippen molar-refractivity contribution in [1.82, 2.24) is 20.9 Å². The first kappa shape index (κ1) is 35.0. The number of aliphatic imine (C=N–C) groups is 1. The molecule has 238 valence electrons. The number of nitrogens with two attached hydrogens (primary N) is 3. The van der Waals surface area contributed by atoms with Crippen LogP contribution in [0.1, 0.15) is 58.4 Å². The highest BCUT2D eigenvalue weighted by atomic mass is 16.4.